The average molecular weight is 274 g/mol. The second kappa shape index (κ2) is 4.51. The molecule has 2 fully saturated rings. The Hall–Kier alpha value is -2.04. The lowest BCUT2D eigenvalue weighted by Crippen LogP contribution is -2.49. The van der Waals surface area contributed by atoms with E-state index in [1.807, 2.05) is 25.1 Å². The first kappa shape index (κ1) is 13.0. The molecule has 0 bridgehead atoms. The van der Waals surface area contributed by atoms with Gasteiger partial charge in [-0.05, 0) is 25.8 Å². The van der Waals surface area contributed by atoms with Crippen LogP contribution in [-0.4, -0.2) is 29.7 Å². The van der Waals surface area contributed by atoms with E-state index < -0.39 is 18.2 Å². The molecule has 3 rings (SSSR count). The molecular weight excluding hydrogens is 256 g/mol. The highest BCUT2D eigenvalue weighted by atomic mass is 16.6. The maximum absolute atomic E-state index is 12.2. The van der Waals surface area contributed by atoms with Crippen LogP contribution in [-0.2, 0) is 9.53 Å². The molecule has 1 heterocycles. The molecule has 1 saturated heterocycles. The zero-order chi connectivity index (χ0) is 14.3. The predicted molar refractivity (Wildman–Crippen MR) is 73.2 cm³/mol. The molecule has 0 radical (unpaired) electrons. The van der Waals surface area contributed by atoms with Crippen LogP contribution in [0.3, 0.4) is 0 Å². The number of hydrogen-bond donors (Lipinski definition) is 2. The van der Waals surface area contributed by atoms with Crippen molar-refractivity contribution >= 4 is 12.0 Å². The van der Waals surface area contributed by atoms with Crippen LogP contribution in [0.1, 0.15) is 31.7 Å². The Balaban J connectivity index is 1.64. The first-order valence-electron chi connectivity index (χ1n) is 6.84. The lowest BCUT2D eigenvalue weighted by molar-refractivity contribution is -0.124. The number of hydrogen-bond acceptors (Lipinski definition) is 3. The average Bonchev–Trinajstić information content (AvgIpc) is 2.95. The quantitative estimate of drug-likeness (QED) is 0.878. The smallest absolute Gasteiger partial charge is 0.408 e. The van der Waals surface area contributed by atoms with Crippen molar-refractivity contribution in [1.82, 2.24) is 10.6 Å². The highest BCUT2D eigenvalue weighted by Gasteiger charge is 2.53. The van der Waals surface area contributed by atoms with E-state index in [0.717, 1.165) is 6.42 Å². The molecule has 1 aliphatic carbocycles. The Kier molecular flexibility index (Phi) is 2.92. The highest BCUT2D eigenvalue weighted by molar-refractivity contribution is 5.89. The van der Waals surface area contributed by atoms with Gasteiger partial charge in [0.15, 0.2) is 0 Å². The molecule has 2 amide bonds. The molecular formula is C15H18N2O3. The van der Waals surface area contributed by atoms with E-state index in [1.54, 1.807) is 6.92 Å². The summed E-state index contributed by atoms with van der Waals surface area (Å²) in [4.78, 5) is 23.4. The van der Waals surface area contributed by atoms with Gasteiger partial charge in [-0.3, -0.25) is 4.79 Å². The third-order valence-corrected chi connectivity index (χ3v) is 4.17. The van der Waals surface area contributed by atoms with Gasteiger partial charge in [-0.25, -0.2) is 4.79 Å². The Labute approximate surface area is 117 Å². The van der Waals surface area contributed by atoms with Crippen molar-refractivity contribution in [1.29, 1.82) is 0 Å². The van der Waals surface area contributed by atoms with Crippen molar-refractivity contribution in [2.45, 2.75) is 43.9 Å². The molecule has 0 spiro atoms. The number of carbonyl (C=O) groups is 2. The molecule has 1 aromatic carbocycles. The topological polar surface area (TPSA) is 67.4 Å². The van der Waals surface area contributed by atoms with Crippen LogP contribution in [0.25, 0.3) is 0 Å². The number of carbonyl (C=O) groups excluding carboxylic acids is 2. The summed E-state index contributed by atoms with van der Waals surface area (Å²) in [6.45, 7) is 3.75. The van der Waals surface area contributed by atoms with Crippen LogP contribution in [0.4, 0.5) is 4.79 Å². The molecule has 5 nitrogen and oxygen atoms in total. The molecule has 1 aromatic rings. The zero-order valence-electron chi connectivity index (χ0n) is 11.6. The van der Waals surface area contributed by atoms with Gasteiger partial charge in [-0.15, -0.1) is 0 Å². The normalized spacial score (nSPS) is 35.1. The Bertz CT molecular complexity index is 545. The lowest BCUT2D eigenvalue weighted by Gasteiger charge is -2.18. The van der Waals surface area contributed by atoms with Crippen molar-refractivity contribution in [2.24, 2.45) is 0 Å². The van der Waals surface area contributed by atoms with Crippen LogP contribution < -0.4 is 10.6 Å². The number of cyclic esters (lactones) is 1. The van der Waals surface area contributed by atoms with Crippen LogP contribution in [0.5, 0.6) is 0 Å². The first-order chi connectivity index (χ1) is 9.49. The highest BCUT2D eigenvalue weighted by Crippen LogP contribution is 2.51. The molecule has 4 atom stereocenters. The van der Waals surface area contributed by atoms with Gasteiger partial charge in [0.1, 0.15) is 12.1 Å². The molecule has 20 heavy (non-hydrogen) atoms. The zero-order valence-corrected chi connectivity index (χ0v) is 11.6. The fourth-order valence-electron chi connectivity index (χ4n) is 2.83. The number of amides is 2. The van der Waals surface area contributed by atoms with E-state index in [4.69, 9.17) is 4.74 Å². The van der Waals surface area contributed by atoms with Crippen LogP contribution in [0, 0.1) is 0 Å². The van der Waals surface area contributed by atoms with E-state index in [9.17, 15) is 9.59 Å². The number of benzene rings is 1. The van der Waals surface area contributed by atoms with Crippen LogP contribution in [0.15, 0.2) is 30.3 Å². The van der Waals surface area contributed by atoms with Gasteiger partial charge in [0.05, 0.1) is 0 Å². The van der Waals surface area contributed by atoms with E-state index >= 15 is 0 Å². The SMILES string of the molecule is CC1OC(=O)NC1C(=O)N[C@@]1(C)C[C@@H]1c1ccccc1. The van der Waals surface area contributed by atoms with Crippen molar-refractivity contribution in [3.8, 4) is 0 Å². The second-order valence-corrected chi connectivity index (χ2v) is 5.81. The number of alkyl carbamates (subject to hydrolysis) is 1. The summed E-state index contributed by atoms with van der Waals surface area (Å²) in [5.41, 5.74) is 1.00. The summed E-state index contributed by atoms with van der Waals surface area (Å²) < 4.78 is 4.93. The minimum absolute atomic E-state index is 0.177. The van der Waals surface area contributed by atoms with Gasteiger partial charge in [0, 0.05) is 11.5 Å². The van der Waals surface area contributed by atoms with Crippen molar-refractivity contribution in [3.63, 3.8) is 0 Å². The van der Waals surface area contributed by atoms with Gasteiger partial charge in [-0.1, -0.05) is 30.3 Å². The van der Waals surface area contributed by atoms with Crippen molar-refractivity contribution < 1.29 is 14.3 Å². The summed E-state index contributed by atoms with van der Waals surface area (Å²) in [5.74, 6) is 0.158. The van der Waals surface area contributed by atoms with Gasteiger partial charge in [-0.2, -0.15) is 0 Å². The van der Waals surface area contributed by atoms with Crippen LogP contribution >= 0.6 is 0 Å². The standard InChI is InChI=1S/C15H18N2O3/c1-9-12(16-14(19)20-9)13(18)17-15(2)8-11(15)10-6-4-3-5-7-10/h3-7,9,11-12H,8H2,1-2H3,(H,16,19)(H,17,18)/t9?,11-,12?,15+/m1/s1. The third-order valence-electron chi connectivity index (χ3n) is 4.17. The third kappa shape index (κ3) is 2.24. The summed E-state index contributed by atoms with van der Waals surface area (Å²) in [5, 5.41) is 5.57. The minimum Gasteiger partial charge on any atom is -0.444 e. The molecule has 0 aromatic heterocycles. The Morgan fingerprint density at radius 3 is 2.70 bits per heavy atom. The lowest BCUT2D eigenvalue weighted by atomic mass is 10.1. The molecule has 1 saturated carbocycles. The maximum atomic E-state index is 12.2. The molecule has 106 valence electrons. The van der Waals surface area contributed by atoms with Gasteiger partial charge in [0.25, 0.3) is 0 Å². The van der Waals surface area contributed by atoms with Crippen molar-refractivity contribution in [2.75, 3.05) is 0 Å². The molecule has 2 unspecified atom stereocenters. The number of nitrogens with one attached hydrogen (secondary N) is 2. The fourth-order valence-corrected chi connectivity index (χ4v) is 2.83. The fraction of sp³-hybridized carbons (Fsp3) is 0.467. The van der Waals surface area contributed by atoms with E-state index in [-0.39, 0.29) is 11.4 Å². The number of ether oxygens (including phenoxy) is 1. The molecule has 2 N–H and O–H groups in total. The summed E-state index contributed by atoms with van der Waals surface area (Å²) in [6, 6.07) is 9.54. The monoisotopic (exact) mass is 274 g/mol. The molecule has 1 aliphatic heterocycles. The van der Waals surface area contributed by atoms with E-state index in [0.29, 0.717) is 5.92 Å². The van der Waals surface area contributed by atoms with E-state index in [1.165, 1.54) is 5.56 Å². The summed E-state index contributed by atoms with van der Waals surface area (Å²) >= 11 is 0. The molecule has 2 aliphatic rings. The largest absolute Gasteiger partial charge is 0.444 e. The van der Waals surface area contributed by atoms with Gasteiger partial charge in [0.2, 0.25) is 5.91 Å². The summed E-state index contributed by atoms with van der Waals surface area (Å²) in [7, 11) is 0. The Morgan fingerprint density at radius 2 is 2.10 bits per heavy atom. The second-order valence-electron chi connectivity index (χ2n) is 5.81. The van der Waals surface area contributed by atoms with Gasteiger partial charge < -0.3 is 15.4 Å². The first-order valence-corrected chi connectivity index (χ1v) is 6.84. The number of rotatable bonds is 3. The molecule has 5 heteroatoms. The predicted octanol–water partition coefficient (Wildman–Crippen LogP) is 1.55. The van der Waals surface area contributed by atoms with Crippen molar-refractivity contribution in [3.05, 3.63) is 35.9 Å². The minimum atomic E-state index is -0.601. The Morgan fingerprint density at radius 1 is 1.40 bits per heavy atom. The summed E-state index contributed by atoms with van der Waals surface area (Å²) in [6.07, 6.45) is -0.0446. The maximum Gasteiger partial charge on any atom is 0.408 e. The van der Waals surface area contributed by atoms with Crippen LogP contribution in [0.2, 0.25) is 0 Å². The van der Waals surface area contributed by atoms with E-state index in [2.05, 4.69) is 22.8 Å². The van der Waals surface area contributed by atoms with Gasteiger partial charge >= 0.3 is 6.09 Å².